The molecule has 0 heterocycles. The summed E-state index contributed by atoms with van der Waals surface area (Å²) < 4.78 is 0. The quantitative estimate of drug-likeness (QED) is 0.159. The van der Waals surface area contributed by atoms with Crippen molar-refractivity contribution in [1.82, 2.24) is 0 Å². The smallest absolute Gasteiger partial charge is 0.0431 e. The molecule has 3 aliphatic rings. The zero-order chi connectivity index (χ0) is 34.3. The molecule has 3 nitrogen and oxygen atoms in total. The summed E-state index contributed by atoms with van der Waals surface area (Å²) in [5.74, 6) is 1.99. The minimum atomic E-state index is 0.336. The van der Waals surface area contributed by atoms with Gasteiger partial charge in [0, 0.05) is 25.7 Å². The van der Waals surface area contributed by atoms with Gasteiger partial charge in [-0.05, 0) is 166 Å². The summed E-state index contributed by atoms with van der Waals surface area (Å²) >= 11 is 0. The second kappa shape index (κ2) is 21.2. The third kappa shape index (κ3) is 11.8. The highest BCUT2D eigenvalue weighted by Crippen LogP contribution is 2.41. The zero-order valence-electron chi connectivity index (χ0n) is 31.7. The van der Waals surface area contributed by atoms with Gasteiger partial charge >= 0.3 is 0 Å². The van der Waals surface area contributed by atoms with Crippen LogP contribution in [0.15, 0.2) is 66.9 Å². The Kier molecular flexibility index (Phi) is 19.5. The van der Waals surface area contributed by atoms with Crippen LogP contribution in [0, 0.1) is 17.8 Å². The van der Waals surface area contributed by atoms with E-state index in [4.69, 9.17) is 15.3 Å². The number of hydrogen-bond acceptors (Lipinski definition) is 3. The SMILES string of the molecule is CC1=C(C)C(C)C(C)=C1CCCCCO.CC1=C(C)C(C)C(CCCCCO)=C1C.CC1=C(C)C(CCCCCO)C(C)=C1C. The fraction of sp³-hybridized carbons (Fsp3) is 0.714. The molecule has 0 aromatic carbocycles. The highest BCUT2D eigenvalue weighted by molar-refractivity contribution is 5.48. The summed E-state index contributed by atoms with van der Waals surface area (Å²) in [6, 6.07) is 0. The van der Waals surface area contributed by atoms with Crippen LogP contribution in [0.3, 0.4) is 0 Å². The van der Waals surface area contributed by atoms with E-state index in [-0.39, 0.29) is 0 Å². The van der Waals surface area contributed by atoms with Crippen LogP contribution in [0.4, 0.5) is 0 Å². The fourth-order valence-electron chi connectivity index (χ4n) is 7.38. The van der Waals surface area contributed by atoms with Gasteiger partial charge in [-0.25, -0.2) is 0 Å². The summed E-state index contributed by atoms with van der Waals surface area (Å²) in [6.45, 7) is 28.2. The Hall–Kier alpha value is -1.68. The second-order valence-corrected chi connectivity index (χ2v) is 14.2. The lowest BCUT2D eigenvalue weighted by molar-refractivity contribution is 0.281. The van der Waals surface area contributed by atoms with Gasteiger partial charge in [-0.3, -0.25) is 0 Å². The minimum Gasteiger partial charge on any atom is -0.396 e. The van der Waals surface area contributed by atoms with E-state index < -0.39 is 0 Å². The Morgan fingerprint density at radius 2 is 0.822 bits per heavy atom. The molecule has 0 bridgehead atoms. The predicted molar refractivity (Wildman–Crippen MR) is 197 cm³/mol. The summed E-state index contributed by atoms with van der Waals surface area (Å²) in [4.78, 5) is 0. The van der Waals surface area contributed by atoms with Gasteiger partial charge in [0.05, 0.1) is 0 Å². The molecule has 0 radical (unpaired) electrons. The van der Waals surface area contributed by atoms with E-state index in [1.165, 1.54) is 66.4 Å². The van der Waals surface area contributed by atoms with Gasteiger partial charge in [0.25, 0.3) is 0 Å². The van der Waals surface area contributed by atoms with E-state index >= 15 is 0 Å². The highest BCUT2D eigenvalue weighted by Gasteiger charge is 2.24. The average Bonchev–Trinajstić information content (AvgIpc) is 3.42. The van der Waals surface area contributed by atoms with E-state index in [2.05, 4.69) is 83.1 Å². The molecule has 258 valence electrons. The van der Waals surface area contributed by atoms with E-state index in [1.807, 2.05) is 0 Å². The first-order valence-electron chi connectivity index (χ1n) is 18.2. The van der Waals surface area contributed by atoms with E-state index in [1.54, 1.807) is 39.0 Å². The molecule has 0 amide bonds. The van der Waals surface area contributed by atoms with Crippen LogP contribution in [0.2, 0.25) is 0 Å². The predicted octanol–water partition coefficient (Wildman–Crippen LogP) is 11.5. The number of aliphatic hydroxyl groups excluding tert-OH is 3. The van der Waals surface area contributed by atoms with Gasteiger partial charge in [-0.2, -0.15) is 0 Å². The molecule has 3 N–H and O–H groups in total. The molecule has 0 saturated carbocycles. The van der Waals surface area contributed by atoms with Crippen LogP contribution in [0.5, 0.6) is 0 Å². The van der Waals surface area contributed by atoms with Crippen molar-refractivity contribution in [3.63, 3.8) is 0 Å². The first-order chi connectivity index (χ1) is 21.3. The fourth-order valence-corrected chi connectivity index (χ4v) is 7.38. The monoisotopic (exact) mass is 625 g/mol. The van der Waals surface area contributed by atoms with Gasteiger partial charge in [0.15, 0.2) is 0 Å². The van der Waals surface area contributed by atoms with Crippen LogP contribution in [-0.2, 0) is 0 Å². The lowest BCUT2D eigenvalue weighted by Crippen LogP contribution is -2.01. The average molecular weight is 625 g/mol. The van der Waals surface area contributed by atoms with Gasteiger partial charge < -0.3 is 15.3 Å². The number of aliphatic hydroxyl groups is 3. The van der Waals surface area contributed by atoms with Crippen molar-refractivity contribution in [3.05, 3.63) is 66.9 Å². The Morgan fingerprint density at radius 3 is 1.22 bits per heavy atom. The summed E-state index contributed by atoms with van der Waals surface area (Å²) in [6.07, 6.45) is 13.6. The molecule has 0 fully saturated rings. The molecule has 2 atom stereocenters. The van der Waals surface area contributed by atoms with Crippen molar-refractivity contribution in [2.75, 3.05) is 19.8 Å². The van der Waals surface area contributed by atoms with Crippen molar-refractivity contribution in [3.8, 4) is 0 Å². The normalized spacial score (nSPS) is 20.6. The van der Waals surface area contributed by atoms with Crippen LogP contribution in [0.25, 0.3) is 0 Å². The van der Waals surface area contributed by atoms with Gasteiger partial charge in [0.1, 0.15) is 0 Å². The van der Waals surface area contributed by atoms with Crippen LogP contribution in [0.1, 0.15) is 160 Å². The lowest BCUT2D eigenvalue weighted by atomic mass is 9.91. The van der Waals surface area contributed by atoms with Gasteiger partial charge in [0.2, 0.25) is 0 Å². The first kappa shape index (κ1) is 41.3. The Balaban J connectivity index is 0.000000337. The number of rotatable bonds is 15. The largest absolute Gasteiger partial charge is 0.396 e. The van der Waals surface area contributed by atoms with Crippen molar-refractivity contribution >= 4 is 0 Å². The summed E-state index contributed by atoms with van der Waals surface area (Å²) in [7, 11) is 0. The molecule has 0 spiro atoms. The summed E-state index contributed by atoms with van der Waals surface area (Å²) in [5.41, 5.74) is 18.5. The third-order valence-electron chi connectivity index (χ3n) is 11.8. The second-order valence-electron chi connectivity index (χ2n) is 14.2. The summed E-state index contributed by atoms with van der Waals surface area (Å²) in [5, 5.41) is 26.2. The minimum absolute atomic E-state index is 0.336. The standard InChI is InChI=1S/3C14H24O/c3*1-10-11(2)13(4)14(12(10)3)8-6-5-7-9-15/h14-15H,5-9H2,1-4H3;12,15H,5-9H2,1-4H3;10,15H,5-9H2,1-4H3. The molecule has 45 heavy (non-hydrogen) atoms. The lowest BCUT2D eigenvalue weighted by Gasteiger charge is -2.14. The molecule has 0 aliphatic heterocycles. The van der Waals surface area contributed by atoms with Crippen LogP contribution < -0.4 is 0 Å². The number of hydrogen-bond donors (Lipinski definition) is 3. The van der Waals surface area contributed by atoms with Crippen LogP contribution >= 0.6 is 0 Å². The van der Waals surface area contributed by atoms with E-state index in [0.717, 1.165) is 38.5 Å². The Morgan fingerprint density at radius 1 is 0.400 bits per heavy atom. The maximum Gasteiger partial charge on any atom is 0.0431 e. The van der Waals surface area contributed by atoms with E-state index in [9.17, 15) is 0 Å². The Labute approximate surface area is 279 Å². The van der Waals surface area contributed by atoms with Crippen molar-refractivity contribution < 1.29 is 15.3 Å². The molecule has 2 unspecified atom stereocenters. The highest BCUT2D eigenvalue weighted by atomic mass is 16.3. The number of unbranched alkanes of at least 4 members (excludes halogenated alkanes) is 6. The molecular formula is C42H72O3. The topological polar surface area (TPSA) is 60.7 Å². The third-order valence-corrected chi connectivity index (χ3v) is 11.8. The molecule has 0 aromatic heterocycles. The molecular weight excluding hydrogens is 552 g/mol. The van der Waals surface area contributed by atoms with Crippen LogP contribution in [-0.4, -0.2) is 35.1 Å². The van der Waals surface area contributed by atoms with Crippen molar-refractivity contribution in [2.45, 2.75) is 160 Å². The molecule has 3 rings (SSSR count). The molecule has 0 aromatic rings. The van der Waals surface area contributed by atoms with E-state index in [0.29, 0.717) is 37.6 Å². The molecule has 3 aliphatic carbocycles. The molecule has 3 heteroatoms. The molecule has 0 saturated heterocycles. The maximum absolute atomic E-state index is 8.73. The first-order valence-corrected chi connectivity index (χ1v) is 18.2. The van der Waals surface area contributed by atoms with Gasteiger partial charge in [-0.1, -0.05) is 73.0 Å². The van der Waals surface area contributed by atoms with Crippen molar-refractivity contribution in [1.29, 1.82) is 0 Å². The van der Waals surface area contributed by atoms with Crippen molar-refractivity contribution in [2.24, 2.45) is 17.8 Å². The number of allylic oxidation sites excluding steroid dienone is 12. The maximum atomic E-state index is 8.73. The van der Waals surface area contributed by atoms with Gasteiger partial charge in [-0.15, -0.1) is 0 Å². The zero-order valence-corrected chi connectivity index (χ0v) is 31.7. The Bertz CT molecular complexity index is 1110.